The number of hydrogen-bond donors (Lipinski definition) is 2. The normalized spacial score (nSPS) is 10.0. The Kier molecular flexibility index (Phi) is 2.80. The van der Waals surface area contributed by atoms with Crippen molar-refractivity contribution >= 4 is 11.7 Å². The van der Waals surface area contributed by atoms with E-state index in [0.29, 0.717) is 6.07 Å². The van der Waals surface area contributed by atoms with Crippen molar-refractivity contribution in [2.75, 3.05) is 5.73 Å². The van der Waals surface area contributed by atoms with Gasteiger partial charge >= 0.3 is 5.97 Å². The molecule has 0 unspecified atom stereocenters. The summed E-state index contributed by atoms with van der Waals surface area (Å²) in [5.74, 6) is -1.49. The number of rotatable bonds is 2. The van der Waals surface area contributed by atoms with Crippen molar-refractivity contribution in [3.05, 3.63) is 23.0 Å². The molecule has 0 saturated carbocycles. The maximum absolute atomic E-state index is 12.4. The lowest BCUT2D eigenvalue weighted by molar-refractivity contribution is 0.0690. The summed E-state index contributed by atoms with van der Waals surface area (Å²) >= 11 is 0. The Morgan fingerprint density at radius 2 is 2.27 bits per heavy atom. The van der Waals surface area contributed by atoms with Crippen molar-refractivity contribution in [3.63, 3.8) is 0 Å². The Morgan fingerprint density at radius 3 is 2.67 bits per heavy atom. The van der Waals surface area contributed by atoms with Gasteiger partial charge in [0.1, 0.15) is 11.8 Å². The second-order valence-corrected chi connectivity index (χ2v) is 2.58. The lowest BCUT2D eigenvalue weighted by Crippen LogP contribution is -2.08. The zero-order valence-corrected chi connectivity index (χ0v) is 7.24. The maximum atomic E-state index is 12.4. The smallest absolute Gasteiger partial charge is 0.354 e. The zero-order valence-electron chi connectivity index (χ0n) is 7.24. The number of nitrogens with zero attached hydrogens (tertiary/aromatic N) is 2. The van der Waals surface area contributed by atoms with E-state index in [-0.39, 0.29) is 0 Å². The van der Waals surface area contributed by atoms with E-state index in [1.807, 2.05) is 0 Å². The Balaban J connectivity index is 3.47. The number of alkyl halides is 2. The summed E-state index contributed by atoms with van der Waals surface area (Å²) in [6.45, 7) is 0. The summed E-state index contributed by atoms with van der Waals surface area (Å²) in [5.41, 5.74) is 2.88. The molecule has 0 aliphatic carbocycles. The Labute approximate surface area is 82.8 Å². The largest absolute Gasteiger partial charge is 0.477 e. The van der Waals surface area contributed by atoms with Crippen LogP contribution in [0.4, 0.5) is 14.5 Å². The van der Waals surface area contributed by atoms with E-state index in [2.05, 4.69) is 4.98 Å². The van der Waals surface area contributed by atoms with E-state index in [1.165, 1.54) is 6.07 Å². The fourth-order valence-electron chi connectivity index (χ4n) is 0.950. The molecule has 0 atom stereocenters. The monoisotopic (exact) mass is 213 g/mol. The van der Waals surface area contributed by atoms with Gasteiger partial charge in [-0.15, -0.1) is 0 Å². The molecule has 3 N–H and O–H groups in total. The highest BCUT2D eigenvalue weighted by Crippen LogP contribution is 2.27. The van der Waals surface area contributed by atoms with Crippen molar-refractivity contribution < 1.29 is 18.7 Å². The van der Waals surface area contributed by atoms with Crippen LogP contribution in [0.5, 0.6) is 0 Å². The van der Waals surface area contributed by atoms with Gasteiger partial charge in [-0.1, -0.05) is 0 Å². The number of aromatic carboxylic acids is 1. The molecule has 1 aromatic heterocycles. The lowest BCUT2D eigenvalue weighted by atomic mass is 10.1. The molecule has 15 heavy (non-hydrogen) atoms. The number of hydrogen-bond acceptors (Lipinski definition) is 4. The molecular weight excluding hydrogens is 208 g/mol. The fraction of sp³-hybridized carbons (Fsp3) is 0.125. The average molecular weight is 213 g/mol. The van der Waals surface area contributed by atoms with E-state index < -0.39 is 35.0 Å². The van der Waals surface area contributed by atoms with Crippen LogP contribution in [0.1, 0.15) is 28.2 Å². The first-order valence-corrected chi connectivity index (χ1v) is 3.69. The first kappa shape index (κ1) is 10.8. The van der Waals surface area contributed by atoms with Crippen LogP contribution in [0.15, 0.2) is 6.07 Å². The Bertz CT molecular complexity index is 454. The van der Waals surface area contributed by atoms with Gasteiger partial charge in [-0.05, 0) is 6.07 Å². The van der Waals surface area contributed by atoms with Crippen LogP contribution >= 0.6 is 0 Å². The minimum atomic E-state index is -2.95. The van der Waals surface area contributed by atoms with Crippen LogP contribution in [0, 0.1) is 11.3 Å². The average Bonchev–Trinajstić information content (AvgIpc) is 2.17. The number of carboxylic acid groups (broad SMARTS) is 1. The van der Waals surface area contributed by atoms with Gasteiger partial charge in [-0.25, -0.2) is 18.6 Å². The minimum Gasteiger partial charge on any atom is -0.477 e. The second kappa shape index (κ2) is 3.88. The Hall–Kier alpha value is -2.23. The third-order valence-corrected chi connectivity index (χ3v) is 1.65. The number of halogens is 2. The van der Waals surface area contributed by atoms with Crippen LogP contribution in [-0.4, -0.2) is 16.1 Å². The van der Waals surface area contributed by atoms with Gasteiger partial charge in [0.25, 0.3) is 6.43 Å². The van der Waals surface area contributed by atoms with E-state index in [4.69, 9.17) is 16.1 Å². The van der Waals surface area contributed by atoms with Gasteiger partial charge in [0.05, 0.1) is 5.69 Å². The standard InChI is InChI=1S/C8H5F2N3O2/c9-7(10)3-1-4(8(14)15)13-5(2-11)6(3)12/h1,7H,12H2,(H,14,15). The number of aromatic nitrogens is 1. The first-order valence-electron chi connectivity index (χ1n) is 3.69. The highest BCUT2D eigenvalue weighted by molar-refractivity contribution is 5.86. The van der Waals surface area contributed by atoms with Crippen molar-refractivity contribution in [3.8, 4) is 6.07 Å². The molecule has 0 aromatic carbocycles. The highest BCUT2D eigenvalue weighted by atomic mass is 19.3. The van der Waals surface area contributed by atoms with Crippen LogP contribution in [0.25, 0.3) is 0 Å². The van der Waals surface area contributed by atoms with E-state index in [1.54, 1.807) is 0 Å². The summed E-state index contributed by atoms with van der Waals surface area (Å²) in [4.78, 5) is 13.8. The number of nitriles is 1. The molecule has 0 amide bonds. The van der Waals surface area contributed by atoms with Crippen LogP contribution < -0.4 is 5.73 Å². The fourth-order valence-corrected chi connectivity index (χ4v) is 0.950. The molecule has 0 aliphatic heterocycles. The number of pyridine rings is 1. The molecule has 1 rings (SSSR count). The number of anilines is 1. The SMILES string of the molecule is N#Cc1nc(C(=O)O)cc(C(F)F)c1N. The molecule has 0 fully saturated rings. The number of carboxylic acids is 1. The van der Waals surface area contributed by atoms with Gasteiger partial charge in [0, 0.05) is 5.56 Å². The van der Waals surface area contributed by atoms with E-state index in [9.17, 15) is 13.6 Å². The Morgan fingerprint density at radius 1 is 1.67 bits per heavy atom. The quantitative estimate of drug-likeness (QED) is 0.767. The predicted octanol–water partition coefficient (Wildman–Crippen LogP) is 1.17. The molecule has 5 nitrogen and oxygen atoms in total. The van der Waals surface area contributed by atoms with Gasteiger partial charge in [0.2, 0.25) is 0 Å². The predicted molar refractivity (Wildman–Crippen MR) is 45.3 cm³/mol. The molecule has 1 aromatic rings. The van der Waals surface area contributed by atoms with Crippen LogP contribution in [0.3, 0.4) is 0 Å². The molecule has 0 saturated heterocycles. The van der Waals surface area contributed by atoms with Crippen LogP contribution in [0.2, 0.25) is 0 Å². The number of nitrogen functional groups attached to an aromatic ring is 1. The summed E-state index contributed by atoms with van der Waals surface area (Å²) in [5, 5.41) is 17.0. The van der Waals surface area contributed by atoms with Crippen molar-refractivity contribution in [1.29, 1.82) is 5.26 Å². The molecule has 1 heterocycles. The highest BCUT2D eigenvalue weighted by Gasteiger charge is 2.19. The number of nitrogens with two attached hydrogens (primary N) is 1. The first-order chi connectivity index (χ1) is 6.97. The van der Waals surface area contributed by atoms with Crippen molar-refractivity contribution in [1.82, 2.24) is 4.98 Å². The zero-order chi connectivity index (χ0) is 11.6. The second-order valence-electron chi connectivity index (χ2n) is 2.58. The third kappa shape index (κ3) is 1.99. The van der Waals surface area contributed by atoms with Gasteiger partial charge in [-0.2, -0.15) is 5.26 Å². The molecule has 0 aliphatic rings. The lowest BCUT2D eigenvalue weighted by Gasteiger charge is -2.06. The number of carbonyl (C=O) groups is 1. The summed E-state index contributed by atoms with van der Waals surface area (Å²) < 4.78 is 24.8. The molecule has 0 bridgehead atoms. The van der Waals surface area contributed by atoms with Gasteiger partial charge in [-0.3, -0.25) is 0 Å². The van der Waals surface area contributed by atoms with Crippen molar-refractivity contribution in [2.24, 2.45) is 0 Å². The third-order valence-electron chi connectivity index (χ3n) is 1.65. The maximum Gasteiger partial charge on any atom is 0.354 e. The van der Waals surface area contributed by atoms with E-state index in [0.717, 1.165) is 0 Å². The van der Waals surface area contributed by atoms with Crippen LogP contribution in [-0.2, 0) is 0 Å². The summed E-state index contributed by atoms with van der Waals surface area (Å²) in [6, 6.07) is 2.11. The van der Waals surface area contributed by atoms with Gasteiger partial charge < -0.3 is 10.8 Å². The van der Waals surface area contributed by atoms with Gasteiger partial charge in [0.15, 0.2) is 5.69 Å². The minimum absolute atomic E-state index is 0.488. The molecular formula is C8H5F2N3O2. The molecule has 0 spiro atoms. The summed E-state index contributed by atoms with van der Waals surface area (Å²) in [7, 11) is 0. The van der Waals surface area contributed by atoms with E-state index >= 15 is 0 Å². The summed E-state index contributed by atoms with van der Waals surface area (Å²) in [6.07, 6.45) is -2.95. The van der Waals surface area contributed by atoms with Crippen molar-refractivity contribution in [2.45, 2.75) is 6.43 Å². The molecule has 78 valence electrons. The molecule has 0 radical (unpaired) electrons. The molecule has 7 heteroatoms. The topological polar surface area (TPSA) is 100 Å².